The van der Waals surface area contributed by atoms with Gasteiger partial charge in [0.1, 0.15) is 5.75 Å². The van der Waals surface area contributed by atoms with E-state index in [1.807, 2.05) is 12.1 Å². The number of phenolic OH excluding ortho intramolecular Hbond substituents is 1. The van der Waals surface area contributed by atoms with Gasteiger partial charge in [-0.2, -0.15) is 0 Å². The lowest BCUT2D eigenvalue weighted by Crippen LogP contribution is -2.00. The molecule has 0 aliphatic rings. The van der Waals surface area contributed by atoms with Gasteiger partial charge in [-0.15, -0.1) is 0 Å². The standard InChI is InChI=1S/C16H26O/c1-5-12(6-2)14-9-15(11-16(17)10-14)13(7-3)8-4/h9-13,17H,5-8H2,1-4H3. The molecule has 0 heterocycles. The molecule has 1 aromatic rings. The Morgan fingerprint density at radius 2 is 1.12 bits per heavy atom. The summed E-state index contributed by atoms with van der Waals surface area (Å²) >= 11 is 0. The normalized spacial score (nSPS) is 11.4. The summed E-state index contributed by atoms with van der Waals surface area (Å²) in [6.07, 6.45) is 4.56. The monoisotopic (exact) mass is 234 g/mol. The van der Waals surface area contributed by atoms with Crippen LogP contribution in [-0.4, -0.2) is 5.11 Å². The molecule has 0 aliphatic heterocycles. The molecule has 0 saturated heterocycles. The molecule has 0 amide bonds. The molecule has 0 spiro atoms. The van der Waals surface area contributed by atoms with Crippen molar-refractivity contribution in [1.82, 2.24) is 0 Å². The van der Waals surface area contributed by atoms with Crippen molar-refractivity contribution in [2.24, 2.45) is 0 Å². The molecule has 1 heteroatoms. The molecule has 0 aromatic heterocycles. The summed E-state index contributed by atoms with van der Waals surface area (Å²) in [6.45, 7) is 8.87. The Morgan fingerprint density at radius 3 is 1.41 bits per heavy atom. The summed E-state index contributed by atoms with van der Waals surface area (Å²) in [6, 6.07) is 6.17. The lowest BCUT2D eigenvalue weighted by molar-refractivity contribution is 0.470. The Kier molecular flexibility index (Phi) is 5.54. The molecule has 1 nitrogen and oxygen atoms in total. The van der Waals surface area contributed by atoms with Gasteiger partial charge in [0.2, 0.25) is 0 Å². The molecule has 0 unspecified atom stereocenters. The van der Waals surface area contributed by atoms with E-state index in [1.165, 1.54) is 11.1 Å². The predicted octanol–water partition coefficient (Wildman–Crippen LogP) is 5.20. The molecule has 1 aromatic carbocycles. The summed E-state index contributed by atoms with van der Waals surface area (Å²) < 4.78 is 0. The first-order valence-corrected chi connectivity index (χ1v) is 6.99. The highest BCUT2D eigenvalue weighted by atomic mass is 16.3. The molecule has 96 valence electrons. The van der Waals surface area contributed by atoms with Gasteiger partial charge in [0.15, 0.2) is 0 Å². The summed E-state index contributed by atoms with van der Waals surface area (Å²) in [5, 5.41) is 9.87. The first kappa shape index (κ1) is 14.1. The fourth-order valence-corrected chi connectivity index (χ4v) is 2.65. The van der Waals surface area contributed by atoms with Crippen molar-refractivity contribution in [1.29, 1.82) is 0 Å². The van der Waals surface area contributed by atoms with Crippen LogP contribution < -0.4 is 0 Å². The largest absolute Gasteiger partial charge is 0.508 e. The molecule has 1 rings (SSSR count). The van der Waals surface area contributed by atoms with Gasteiger partial charge in [-0.05, 0) is 60.8 Å². The Morgan fingerprint density at radius 1 is 0.765 bits per heavy atom. The number of hydrogen-bond donors (Lipinski definition) is 1. The van der Waals surface area contributed by atoms with Gasteiger partial charge in [-0.25, -0.2) is 0 Å². The third kappa shape index (κ3) is 3.49. The second-order valence-corrected chi connectivity index (χ2v) is 4.88. The molecular weight excluding hydrogens is 208 g/mol. The number of aromatic hydroxyl groups is 1. The van der Waals surface area contributed by atoms with Gasteiger partial charge in [-0.1, -0.05) is 33.8 Å². The van der Waals surface area contributed by atoms with Gasteiger partial charge in [0, 0.05) is 0 Å². The number of benzene rings is 1. The van der Waals surface area contributed by atoms with Crippen LogP contribution in [0.4, 0.5) is 0 Å². The lowest BCUT2D eigenvalue weighted by Gasteiger charge is -2.18. The summed E-state index contributed by atoms with van der Waals surface area (Å²) in [7, 11) is 0. The van der Waals surface area contributed by atoms with Crippen LogP contribution in [-0.2, 0) is 0 Å². The highest BCUT2D eigenvalue weighted by Crippen LogP contribution is 2.32. The minimum absolute atomic E-state index is 0.427. The van der Waals surface area contributed by atoms with Crippen LogP contribution in [0.5, 0.6) is 5.75 Å². The zero-order chi connectivity index (χ0) is 12.8. The maximum Gasteiger partial charge on any atom is 0.116 e. The van der Waals surface area contributed by atoms with Crippen molar-refractivity contribution in [3.05, 3.63) is 29.3 Å². The van der Waals surface area contributed by atoms with Crippen LogP contribution in [0.1, 0.15) is 76.3 Å². The van der Waals surface area contributed by atoms with Crippen molar-refractivity contribution in [3.8, 4) is 5.75 Å². The molecule has 0 bridgehead atoms. The molecule has 1 N–H and O–H groups in total. The molecule has 0 saturated carbocycles. The van der Waals surface area contributed by atoms with E-state index in [1.54, 1.807) is 0 Å². The molecule has 0 radical (unpaired) electrons. The van der Waals surface area contributed by atoms with Crippen LogP contribution >= 0.6 is 0 Å². The van der Waals surface area contributed by atoms with E-state index in [9.17, 15) is 5.11 Å². The predicted molar refractivity (Wildman–Crippen MR) is 74.8 cm³/mol. The molecular formula is C16H26O. The van der Waals surface area contributed by atoms with E-state index in [-0.39, 0.29) is 0 Å². The zero-order valence-corrected chi connectivity index (χ0v) is 11.7. The quantitative estimate of drug-likeness (QED) is 0.717. The van der Waals surface area contributed by atoms with Gasteiger partial charge in [0.05, 0.1) is 0 Å². The molecule has 0 aliphatic carbocycles. The van der Waals surface area contributed by atoms with Gasteiger partial charge >= 0.3 is 0 Å². The molecule has 0 atom stereocenters. The zero-order valence-electron chi connectivity index (χ0n) is 11.7. The van der Waals surface area contributed by atoms with E-state index >= 15 is 0 Å². The fourth-order valence-electron chi connectivity index (χ4n) is 2.65. The summed E-state index contributed by atoms with van der Waals surface area (Å²) in [4.78, 5) is 0. The first-order valence-electron chi connectivity index (χ1n) is 6.99. The topological polar surface area (TPSA) is 20.2 Å². The second-order valence-electron chi connectivity index (χ2n) is 4.88. The van der Waals surface area contributed by atoms with Crippen molar-refractivity contribution in [2.45, 2.75) is 65.2 Å². The maximum atomic E-state index is 9.87. The van der Waals surface area contributed by atoms with E-state index in [0.29, 0.717) is 17.6 Å². The smallest absolute Gasteiger partial charge is 0.116 e. The highest BCUT2D eigenvalue weighted by molar-refractivity contribution is 5.37. The third-order valence-corrected chi connectivity index (χ3v) is 3.88. The highest BCUT2D eigenvalue weighted by Gasteiger charge is 2.13. The fraction of sp³-hybridized carbons (Fsp3) is 0.625. The lowest BCUT2D eigenvalue weighted by atomic mass is 9.87. The van der Waals surface area contributed by atoms with Crippen LogP contribution in [0.25, 0.3) is 0 Å². The molecule has 0 fully saturated rings. The van der Waals surface area contributed by atoms with Crippen molar-refractivity contribution >= 4 is 0 Å². The van der Waals surface area contributed by atoms with Crippen LogP contribution in [0.3, 0.4) is 0 Å². The van der Waals surface area contributed by atoms with Gasteiger partial charge < -0.3 is 5.11 Å². The average Bonchev–Trinajstić information content (AvgIpc) is 2.31. The van der Waals surface area contributed by atoms with Crippen molar-refractivity contribution in [3.63, 3.8) is 0 Å². The van der Waals surface area contributed by atoms with Crippen molar-refractivity contribution in [2.75, 3.05) is 0 Å². The minimum atomic E-state index is 0.427. The minimum Gasteiger partial charge on any atom is -0.508 e. The van der Waals surface area contributed by atoms with E-state index in [2.05, 4.69) is 33.8 Å². The SMILES string of the molecule is CCC(CC)c1cc(O)cc(C(CC)CC)c1. The van der Waals surface area contributed by atoms with E-state index in [4.69, 9.17) is 0 Å². The van der Waals surface area contributed by atoms with Crippen LogP contribution in [0.2, 0.25) is 0 Å². The average molecular weight is 234 g/mol. The Hall–Kier alpha value is -0.980. The van der Waals surface area contributed by atoms with E-state index < -0.39 is 0 Å². The first-order chi connectivity index (χ1) is 8.15. The van der Waals surface area contributed by atoms with Gasteiger partial charge in [0.25, 0.3) is 0 Å². The Balaban J connectivity index is 3.08. The Bertz CT molecular complexity index is 305. The maximum absolute atomic E-state index is 9.87. The van der Waals surface area contributed by atoms with Crippen LogP contribution in [0, 0.1) is 0 Å². The number of rotatable bonds is 6. The summed E-state index contributed by atoms with van der Waals surface area (Å²) in [5.41, 5.74) is 2.61. The number of phenols is 1. The van der Waals surface area contributed by atoms with Crippen LogP contribution in [0.15, 0.2) is 18.2 Å². The number of hydrogen-bond acceptors (Lipinski definition) is 1. The summed E-state index contributed by atoms with van der Waals surface area (Å²) in [5.74, 6) is 1.58. The molecule has 17 heavy (non-hydrogen) atoms. The third-order valence-electron chi connectivity index (χ3n) is 3.88. The van der Waals surface area contributed by atoms with Gasteiger partial charge in [-0.3, -0.25) is 0 Å². The van der Waals surface area contributed by atoms with Crippen molar-refractivity contribution < 1.29 is 5.11 Å². The van der Waals surface area contributed by atoms with E-state index in [0.717, 1.165) is 25.7 Å². The Labute approximate surface area is 106 Å². The second kappa shape index (κ2) is 6.68.